The molecule has 1 aromatic heterocycles. The molecule has 0 saturated carbocycles. The molecule has 4 aromatic rings. The van der Waals surface area contributed by atoms with E-state index in [1.165, 1.54) is 26.2 Å². The predicted octanol–water partition coefficient (Wildman–Crippen LogP) is 3.25. The van der Waals surface area contributed by atoms with Crippen molar-refractivity contribution in [3.8, 4) is 17.2 Å². The molecule has 1 aliphatic heterocycles. The van der Waals surface area contributed by atoms with Crippen molar-refractivity contribution in [3.05, 3.63) is 105 Å². The minimum Gasteiger partial charge on any atom is -0.495 e. The number of aromatic nitrogens is 1. The van der Waals surface area contributed by atoms with Gasteiger partial charge in [-0.1, -0.05) is 17.7 Å². The lowest BCUT2D eigenvalue weighted by Gasteiger charge is -2.36. The van der Waals surface area contributed by atoms with Crippen LogP contribution < -0.4 is 35.3 Å². The van der Waals surface area contributed by atoms with Crippen molar-refractivity contribution < 1.29 is 28.5 Å². The van der Waals surface area contributed by atoms with Gasteiger partial charge in [0.2, 0.25) is 0 Å². The highest BCUT2D eigenvalue weighted by Crippen LogP contribution is 2.39. The van der Waals surface area contributed by atoms with E-state index < -0.39 is 12.1 Å². The maximum absolute atomic E-state index is 14.2. The van der Waals surface area contributed by atoms with Crippen molar-refractivity contribution in [2.24, 2.45) is 0 Å². The number of benzene rings is 3. The van der Waals surface area contributed by atoms with Gasteiger partial charge in [-0.25, -0.2) is 4.79 Å². The van der Waals surface area contributed by atoms with Gasteiger partial charge in [0.1, 0.15) is 34.8 Å². The average molecular weight is 572 g/mol. The summed E-state index contributed by atoms with van der Waals surface area (Å²) in [4.78, 5) is 32.2. The summed E-state index contributed by atoms with van der Waals surface area (Å²) in [6.07, 6.45) is 2.38. The zero-order valence-corrected chi connectivity index (χ0v) is 23.3. The molecule has 208 valence electrons. The van der Waals surface area contributed by atoms with Crippen molar-refractivity contribution in [1.82, 2.24) is 4.98 Å². The van der Waals surface area contributed by atoms with Gasteiger partial charge in [0.15, 0.2) is 6.23 Å². The zero-order chi connectivity index (χ0) is 29.1. The largest absolute Gasteiger partial charge is 0.495 e. The van der Waals surface area contributed by atoms with E-state index in [-0.39, 0.29) is 22.4 Å². The van der Waals surface area contributed by atoms with Gasteiger partial charge >= 0.3 is 0 Å². The van der Waals surface area contributed by atoms with Crippen molar-refractivity contribution in [1.29, 1.82) is 0 Å². The Morgan fingerprint density at radius 2 is 1.73 bits per heavy atom. The number of amides is 1. The number of halogens is 1. The van der Waals surface area contributed by atoms with Crippen LogP contribution in [0.5, 0.6) is 17.2 Å². The monoisotopic (exact) mass is 571 g/mol. The van der Waals surface area contributed by atoms with E-state index in [1.807, 2.05) is 12.0 Å². The van der Waals surface area contributed by atoms with Crippen LogP contribution in [0.15, 0.2) is 73.1 Å². The number of fused-ring (bicyclic) bond motifs is 1. The number of pyridine rings is 1. The normalized spacial score (nSPS) is 14.3. The van der Waals surface area contributed by atoms with Crippen LogP contribution in [0.2, 0.25) is 5.02 Å². The molecule has 3 aromatic carbocycles. The molecule has 9 nitrogen and oxygen atoms in total. The third-order valence-electron chi connectivity index (χ3n) is 6.70. The molecule has 2 heterocycles. The predicted molar refractivity (Wildman–Crippen MR) is 155 cm³/mol. The second-order valence-electron chi connectivity index (χ2n) is 9.11. The molecule has 0 aliphatic carbocycles. The number of rotatable bonds is 8. The second kappa shape index (κ2) is 11.7. The fraction of sp³-hybridized carbons (Fsp3) is 0.161. The van der Waals surface area contributed by atoms with Crippen LogP contribution in [0.3, 0.4) is 0 Å². The second-order valence-corrected chi connectivity index (χ2v) is 9.49. The molecule has 0 bridgehead atoms. The summed E-state index contributed by atoms with van der Waals surface area (Å²) >= 11 is 6.47. The SMILES string of the molecule is COc1cc(C2=c3c(cc(OCc4cccnc4)cc3=C=O)C(=O)N(c3ccc(N)cc3)C2OC)cc(OC)c1Cl. The Bertz CT molecular complexity index is 1730. The summed E-state index contributed by atoms with van der Waals surface area (Å²) in [6.45, 7) is 0.184. The summed E-state index contributed by atoms with van der Waals surface area (Å²) in [5, 5.41) is 0.750. The fourth-order valence-electron chi connectivity index (χ4n) is 4.80. The number of hydrogen-bond donors (Lipinski definition) is 1. The van der Waals surface area contributed by atoms with Gasteiger partial charge in [0, 0.05) is 47.2 Å². The van der Waals surface area contributed by atoms with Gasteiger partial charge in [-0.3, -0.25) is 14.7 Å². The van der Waals surface area contributed by atoms with Crippen LogP contribution in [-0.2, 0) is 16.1 Å². The highest BCUT2D eigenvalue weighted by molar-refractivity contribution is 6.33. The molecule has 0 radical (unpaired) electrons. The molecule has 10 heteroatoms. The summed E-state index contributed by atoms with van der Waals surface area (Å²) < 4.78 is 23.0. The number of ether oxygens (including phenoxy) is 4. The topological polar surface area (TPSA) is 113 Å². The third kappa shape index (κ3) is 5.21. The molecule has 1 aliphatic rings. The van der Waals surface area contributed by atoms with E-state index in [4.69, 9.17) is 36.3 Å². The van der Waals surface area contributed by atoms with Gasteiger partial charge in [-0.2, -0.15) is 0 Å². The molecule has 0 spiro atoms. The van der Waals surface area contributed by atoms with Gasteiger partial charge < -0.3 is 24.7 Å². The zero-order valence-electron chi connectivity index (χ0n) is 22.5. The van der Waals surface area contributed by atoms with Crippen LogP contribution in [0.25, 0.3) is 5.57 Å². The highest BCUT2D eigenvalue weighted by atomic mass is 35.5. The van der Waals surface area contributed by atoms with Gasteiger partial charge in [0.05, 0.1) is 25.0 Å². The maximum atomic E-state index is 14.2. The fourth-order valence-corrected chi connectivity index (χ4v) is 5.06. The number of nitrogens with zero attached hydrogens (tertiary/aromatic N) is 2. The van der Waals surface area contributed by atoms with Crippen LogP contribution in [-0.4, -0.2) is 44.4 Å². The van der Waals surface area contributed by atoms with Crippen LogP contribution in [0.4, 0.5) is 11.4 Å². The van der Waals surface area contributed by atoms with Gasteiger partial charge in [-0.05, 0) is 60.2 Å². The Morgan fingerprint density at radius 1 is 1.02 bits per heavy atom. The Morgan fingerprint density at radius 3 is 2.32 bits per heavy atom. The highest BCUT2D eigenvalue weighted by Gasteiger charge is 2.37. The van der Waals surface area contributed by atoms with Crippen molar-refractivity contribution in [2.45, 2.75) is 12.8 Å². The first-order chi connectivity index (χ1) is 19.9. The number of nitrogen functional groups attached to an aromatic ring is 1. The number of carbonyl (C=O) groups excluding carboxylic acids is 2. The summed E-state index contributed by atoms with van der Waals surface area (Å²) in [7, 11) is 4.45. The first-order valence-corrected chi connectivity index (χ1v) is 12.9. The Balaban J connectivity index is 1.81. The Kier molecular flexibility index (Phi) is 7.94. The molecule has 1 amide bonds. The van der Waals surface area contributed by atoms with Crippen LogP contribution in [0, 0.1) is 0 Å². The van der Waals surface area contributed by atoms with Crippen molar-refractivity contribution >= 4 is 40.4 Å². The molecule has 5 rings (SSSR count). The van der Waals surface area contributed by atoms with E-state index in [9.17, 15) is 9.59 Å². The smallest absolute Gasteiger partial charge is 0.261 e. The minimum atomic E-state index is -0.955. The van der Waals surface area contributed by atoms with E-state index in [1.54, 1.807) is 67.0 Å². The lowest BCUT2D eigenvalue weighted by Crippen LogP contribution is -2.53. The molecule has 1 unspecified atom stereocenters. The van der Waals surface area contributed by atoms with E-state index in [0.717, 1.165) is 5.56 Å². The number of methoxy groups -OCH3 is 3. The average Bonchev–Trinajstić information content (AvgIpc) is 3.01. The van der Waals surface area contributed by atoms with Crippen molar-refractivity contribution in [2.75, 3.05) is 32.0 Å². The maximum Gasteiger partial charge on any atom is 0.261 e. The number of anilines is 2. The molecule has 0 saturated heterocycles. The van der Waals surface area contributed by atoms with E-state index in [2.05, 4.69) is 4.98 Å². The summed E-state index contributed by atoms with van der Waals surface area (Å²) in [5.74, 6) is 2.59. The number of nitrogens with two attached hydrogens (primary N) is 1. The first kappa shape index (κ1) is 27.7. The molecule has 0 fully saturated rings. The van der Waals surface area contributed by atoms with E-state index >= 15 is 0 Å². The molecular weight excluding hydrogens is 546 g/mol. The first-order valence-electron chi connectivity index (χ1n) is 12.5. The number of hydrogen-bond acceptors (Lipinski definition) is 8. The van der Waals surface area contributed by atoms with Crippen LogP contribution >= 0.6 is 11.6 Å². The summed E-state index contributed by atoms with van der Waals surface area (Å²) in [5.41, 5.74) is 9.10. The third-order valence-corrected chi connectivity index (χ3v) is 7.07. The lowest BCUT2D eigenvalue weighted by atomic mass is 9.91. The summed E-state index contributed by atoms with van der Waals surface area (Å²) in [6, 6.07) is 17.0. The molecule has 1 atom stereocenters. The lowest BCUT2D eigenvalue weighted by molar-refractivity contribution is 0.0859. The molecule has 41 heavy (non-hydrogen) atoms. The molecule has 2 N–H and O–H groups in total. The van der Waals surface area contributed by atoms with Crippen molar-refractivity contribution in [3.63, 3.8) is 0 Å². The standard InChI is InChI=1S/C31H26ClN3O6/c1-38-25-12-19(13-26(39-2)29(25)32)28-27-20(16-36)11-23(41-17-18-5-4-10-34-15-18)14-24(27)30(37)35(31(28)40-3)22-8-6-21(33)7-9-22/h4-15,31H,17,33H2,1-3H3. The number of carbonyl (C=O) groups is 1. The van der Waals surface area contributed by atoms with E-state index in [0.29, 0.717) is 45.0 Å². The van der Waals surface area contributed by atoms with Crippen LogP contribution in [0.1, 0.15) is 21.5 Å². The Labute approximate surface area is 241 Å². The van der Waals surface area contributed by atoms with Gasteiger partial charge in [-0.15, -0.1) is 0 Å². The van der Waals surface area contributed by atoms with Gasteiger partial charge in [0.25, 0.3) is 5.91 Å². The molecular formula is C31H26ClN3O6. The Hall–Kier alpha value is -4.82. The quantitative estimate of drug-likeness (QED) is 0.321. The minimum absolute atomic E-state index is 0.124.